The van der Waals surface area contributed by atoms with Crippen LogP contribution < -0.4 is 16.4 Å². The van der Waals surface area contributed by atoms with Crippen LogP contribution in [-0.4, -0.2) is 38.6 Å². The molecule has 0 amide bonds. The van der Waals surface area contributed by atoms with E-state index >= 15 is 0 Å². The molecule has 0 spiro atoms. The topological polar surface area (TPSA) is 105 Å². The number of nitrogens with two attached hydrogens (primary N) is 1. The molecule has 0 atom stereocenters. The minimum atomic E-state index is 0.352. The van der Waals surface area contributed by atoms with E-state index in [1.54, 1.807) is 6.33 Å². The number of anilines is 2. The molecule has 1 saturated carbocycles. The van der Waals surface area contributed by atoms with Crippen LogP contribution in [0.25, 0.3) is 11.5 Å². The third kappa shape index (κ3) is 3.24. The van der Waals surface area contributed by atoms with Crippen molar-refractivity contribution >= 4 is 11.8 Å². The van der Waals surface area contributed by atoms with E-state index < -0.39 is 0 Å². The van der Waals surface area contributed by atoms with Gasteiger partial charge in [-0.1, -0.05) is 6.92 Å². The first-order chi connectivity index (χ1) is 10.3. The lowest BCUT2D eigenvalue weighted by molar-refractivity contribution is 0.410. The van der Waals surface area contributed by atoms with Crippen molar-refractivity contribution in [2.75, 3.05) is 17.2 Å². The molecule has 0 bridgehead atoms. The maximum absolute atomic E-state index is 5.95. The van der Waals surface area contributed by atoms with Crippen LogP contribution >= 0.6 is 0 Å². The molecule has 0 aromatic carbocycles. The van der Waals surface area contributed by atoms with Gasteiger partial charge in [0, 0.05) is 18.6 Å². The third-order valence-electron chi connectivity index (χ3n) is 3.94. The molecule has 0 unspecified atom stereocenters. The molecule has 3 aliphatic rings. The van der Waals surface area contributed by atoms with Gasteiger partial charge >= 0.3 is 0 Å². The summed E-state index contributed by atoms with van der Waals surface area (Å²) in [7, 11) is 0. The molecule has 1 fully saturated rings. The second-order valence-corrected chi connectivity index (χ2v) is 5.69. The van der Waals surface area contributed by atoms with Gasteiger partial charge in [0.15, 0.2) is 5.82 Å². The van der Waals surface area contributed by atoms with Crippen molar-refractivity contribution in [3.05, 3.63) is 6.33 Å². The Bertz CT molecular complexity index is 544. The Balaban J connectivity index is 1.76. The summed E-state index contributed by atoms with van der Waals surface area (Å²) in [6, 6.07) is 0.776. The molecule has 2 aliphatic heterocycles. The summed E-state index contributed by atoms with van der Waals surface area (Å²) in [5.41, 5.74) is 6.74. The van der Waals surface area contributed by atoms with E-state index in [0.29, 0.717) is 17.9 Å². The first kappa shape index (κ1) is 14.1. The fraction of sp³-hybridized carbons (Fsp3) is 0.643. The van der Waals surface area contributed by atoms with Crippen molar-refractivity contribution < 1.29 is 0 Å². The third-order valence-corrected chi connectivity index (χ3v) is 3.94. The number of H-pyrrole nitrogens is 1. The van der Waals surface area contributed by atoms with Gasteiger partial charge in [0.1, 0.15) is 17.8 Å². The zero-order chi connectivity index (χ0) is 14.7. The van der Waals surface area contributed by atoms with Crippen LogP contribution in [0.3, 0.4) is 0 Å². The monoisotopic (exact) mass is 289 g/mol. The summed E-state index contributed by atoms with van der Waals surface area (Å²) in [5, 5.41) is 6.82. The number of aromatic nitrogens is 4. The zero-order valence-electron chi connectivity index (χ0n) is 12.4. The Morgan fingerprint density at radius 1 is 1.29 bits per heavy atom. The van der Waals surface area contributed by atoms with E-state index in [1.807, 2.05) is 0 Å². The maximum atomic E-state index is 5.95. The highest BCUT2D eigenvalue weighted by Crippen LogP contribution is 2.26. The minimum Gasteiger partial charge on any atom is -0.370 e. The summed E-state index contributed by atoms with van der Waals surface area (Å²) in [5.74, 6) is 2.30. The van der Waals surface area contributed by atoms with Crippen molar-refractivity contribution in [1.29, 1.82) is 0 Å². The van der Waals surface area contributed by atoms with Crippen LogP contribution in [0.2, 0.25) is 0 Å². The second-order valence-electron chi connectivity index (χ2n) is 5.69. The largest absolute Gasteiger partial charge is 0.370 e. The van der Waals surface area contributed by atoms with Gasteiger partial charge in [-0.05, 0) is 32.1 Å². The van der Waals surface area contributed by atoms with Crippen LogP contribution in [-0.2, 0) is 0 Å². The fourth-order valence-corrected chi connectivity index (χ4v) is 2.73. The summed E-state index contributed by atoms with van der Waals surface area (Å²) < 4.78 is 0. The number of fused-ring (bicyclic) bond motifs is 1. The van der Waals surface area contributed by atoms with Crippen molar-refractivity contribution in [2.24, 2.45) is 5.73 Å². The predicted molar refractivity (Wildman–Crippen MR) is 83.4 cm³/mol. The van der Waals surface area contributed by atoms with E-state index in [2.05, 4.69) is 37.5 Å². The van der Waals surface area contributed by atoms with Crippen LogP contribution in [0.4, 0.5) is 11.8 Å². The zero-order valence-corrected chi connectivity index (χ0v) is 12.4. The summed E-state index contributed by atoms with van der Waals surface area (Å²) in [6.07, 6.45) is 6.90. The highest BCUT2D eigenvalue weighted by molar-refractivity contribution is 5.68. The number of aromatic amines is 1. The predicted octanol–water partition coefficient (Wildman–Crippen LogP) is 1.81. The number of hydrogen-bond acceptors (Lipinski definition) is 6. The SMILES string of the molecule is CCCNc1[nH]c(N[C@H]2CC[C@H](N)CC2)nc2ncnc1-2. The molecular formula is C14H23N7. The molecule has 21 heavy (non-hydrogen) atoms. The Morgan fingerprint density at radius 2 is 2.10 bits per heavy atom. The first-order valence-electron chi connectivity index (χ1n) is 7.73. The van der Waals surface area contributed by atoms with E-state index in [1.165, 1.54) is 0 Å². The van der Waals surface area contributed by atoms with Crippen LogP contribution in [0.15, 0.2) is 6.33 Å². The van der Waals surface area contributed by atoms with Gasteiger partial charge in [0.05, 0.1) is 0 Å². The van der Waals surface area contributed by atoms with Crippen LogP contribution in [0, 0.1) is 0 Å². The normalized spacial score (nSPS) is 22.4. The van der Waals surface area contributed by atoms with Gasteiger partial charge in [-0.2, -0.15) is 4.98 Å². The van der Waals surface area contributed by atoms with Crippen LogP contribution in [0.5, 0.6) is 0 Å². The van der Waals surface area contributed by atoms with Gasteiger partial charge in [-0.15, -0.1) is 0 Å². The molecular weight excluding hydrogens is 266 g/mol. The Kier molecular flexibility index (Phi) is 4.19. The van der Waals surface area contributed by atoms with Gasteiger partial charge < -0.3 is 21.4 Å². The number of hydrogen-bond donors (Lipinski definition) is 4. The molecule has 0 aromatic heterocycles. The molecule has 0 aromatic rings. The number of nitrogens with zero attached hydrogens (tertiary/aromatic N) is 3. The lowest BCUT2D eigenvalue weighted by Gasteiger charge is -2.27. The quantitative estimate of drug-likeness (QED) is 0.669. The number of nitrogens with one attached hydrogen (secondary N) is 3. The molecule has 2 heterocycles. The Hall–Kier alpha value is -1.89. The standard InChI is InChI=1S/C14H23N7/c1-2-7-16-12-11-13(18-8-17-11)21-14(20-12)19-10-5-3-9(15)4-6-10/h8-10H,2-7,15H2,1H3,(H3,16,17,18,19,20,21)/t9-,10-. The van der Waals surface area contributed by atoms with Crippen molar-refractivity contribution in [3.8, 4) is 11.5 Å². The van der Waals surface area contributed by atoms with E-state index in [-0.39, 0.29) is 0 Å². The molecule has 114 valence electrons. The maximum Gasteiger partial charge on any atom is 0.204 e. The van der Waals surface area contributed by atoms with Gasteiger partial charge in [0.2, 0.25) is 5.95 Å². The fourth-order valence-electron chi connectivity index (χ4n) is 2.73. The van der Waals surface area contributed by atoms with Gasteiger partial charge in [-0.3, -0.25) is 0 Å². The molecule has 0 saturated heterocycles. The Morgan fingerprint density at radius 3 is 2.86 bits per heavy atom. The lowest BCUT2D eigenvalue weighted by Crippen LogP contribution is -2.33. The molecule has 3 rings (SSSR count). The summed E-state index contributed by atoms with van der Waals surface area (Å²) >= 11 is 0. The van der Waals surface area contributed by atoms with Gasteiger partial charge in [0.25, 0.3) is 0 Å². The van der Waals surface area contributed by atoms with Crippen molar-refractivity contribution in [2.45, 2.75) is 51.1 Å². The average Bonchev–Trinajstić information content (AvgIpc) is 2.95. The van der Waals surface area contributed by atoms with Crippen molar-refractivity contribution in [1.82, 2.24) is 19.9 Å². The molecule has 0 radical (unpaired) electrons. The second kappa shape index (κ2) is 6.26. The molecule has 7 heteroatoms. The summed E-state index contributed by atoms with van der Waals surface area (Å²) in [6.45, 7) is 3.02. The smallest absolute Gasteiger partial charge is 0.204 e. The summed E-state index contributed by atoms with van der Waals surface area (Å²) in [4.78, 5) is 16.3. The van der Waals surface area contributed by atoms with Crippen LogP contribution in [0.1, 0.15) is 39.0 Å². The highest BCUT2D eigenvalue weighted by Gasteiger charge is 2.21. The molecule has 7 nitrogen and oxygen atoms in total. The molecule has 1 aliphatic carbocycles. The minimum absolute atomic E-state index is 0.352. The van der Waals surface area contributed by atoms with E-state index in [9.17, 15) is 0 Å². The van der Waals surface area contributed by atoms with E-state index in [4.69, 9.17) is 5.73 Å². The lowest BCUT2D eigenvalue weighted by atomic mass is 9.92. The number of imidazole rings is 1. The van der Waals surface area contributed by atoms with Crippen molar-refractivity contribution in [3.63, 3.8) is 0 Å². The highest BCUT2D eigenvalue weighted by atomic mass is 15.2. The first-order valence-corrected chi connectivity index (χ1v) is 7.73. The Labute approximate surface area is 124 Å². The average molecular weight is 289 g/mol. The number of rotatable bonds is 5. The molecule has 5 N–H and O–H groups in total. The van der Waals surface area contributed by atoms with Gasteiger partial charge in [-0.25, -0.2) is 9.97 Å². The van der Waals surface area contributed by atoms with E-state index in [0.717, 1.165) is 56.1 Å².